The number of hydrogen-bond acceptors (Lipinski definition) is 2. The summed E-state index contributed by atoms with van der Waals surface area (Å²) in [6, 6.07) is 20.7. The van der Waals surface area contributed by atoms with Gasteiger partial charge in [-0.05, 0) is 0 Å². The minimum atomic E-state index is 0.303. The van der Waals surface area contributed by atoms with Crippen molar-refractivity contribution in [2.24, 2.45) is 4.99 Å². The van der Waals surface area contributed by atoms with Crippen molar-refractivity contribution in [2.75, 3.05) is 6.61 Å². The Hall–Kier alpha value is -0.841. The number of rotatable bonds is 3. The normalized spacial score (nSPS) is 21.6. The van der Waals surface area contributed by atoms with E-state index >= 15 is 0 Å². The molecule has 2 aromatic carbocycles. The van der Waals surface area contributed by atoms with Crippen LogP contribution in [-0.4, -0.2) is 26.4 Å². The van der Waals surface area contributed by atoms with Crippen LogP contribution in [0.5, 0.6) is 0 Å². The molecule has 0 radical (unpaired) electrons. The molecule has 1 heterocycles. The zero-order chi connectivity index (χ0) is 13.8. The Balaban J connectivity index is 1.69. The Kier molecular flexibility index (Phi) is 4.76. The third kappa shape index (κ3) is 3.43. The number of ether oxygens (including phenoxy) is 1. The Bertz CT molecular complexity index is 588. The number of halogens is 1. The fourth-order valence-corrected chi connectivity index (χ4v) is 5.43. The first-order chi connectivity index (χ1) is 9.83. The van der Waals surface area contributed by atoms with E-state index in [1.165, 1.54) is 5.56 Å². The van der Waals surface area contributed by atoms with Crippen molar-refractivity contribution in [3.63, 3.8) is 0 Å². The van der Waals surface area contributed by atoms with E-state index in [2.05, 4.69) is 57.9 Å². The summed E-state index contributed by atoms with van der Waals surface area (Å²) in [6.07, 6.45) is 0. The molecule has 1 saturated heterocycles. The molecule has 2 atom stereocenters. The van der Waals surface area contributed by atoms with Gasteiger partial charge in [-0.15, -0.1) is 0 Å². The van der Waals surface area contributed by atoms with Crippen molar-refractivity contribution in [3.8, 4) is 0 Å². The average molecular weight is 442 g/mol. The second-order valence-electron chi connectivity index (χ2n) is 4.49. The Morgan fingerprint density at radius 2 is 1.70 bits per heavy atom. The number of alkyl halides is 1. The van der Waals surface area contributed by atoms with Gasteiger partial charge in [-0.3, -0.25) is 0 Å². The monoisotopic (exact) mass is 443 g/mol. The molecular formula is C16H14INOSe. The molecule has 3 rings (SSSR count). The zero-order valence-electron chi connectivity index (χ0n) is 10.8. The third-order valence-corrected chi connectivity index (χ3v) is 8.08. The molecule has 1 fully saturated rings. The van der Waals surface area contributed by atoms with Gasteiger partial charge in [0.1, 0.15) is 0 Å². The topological polar surface area (TPSA) is 21.6 Å². The van der Waals surface area contributed by atoms with E-state index < -0.39 is 0 Å². The summed E-state index contributed by atoms with van der Waals surface area (Å²) in [5.74, 6) is 0. The summed E-state index contributed by atoms with van der Waals surface area (Å²) in [5, 5.41) is 0. The maximum atomic E-state index is 5.79. The molecule has 0 aliphatic carbocycles. The van der Waals surface area contributed by atoms with Crippen LogP contribution in [0.25, 0.3) is 0 Å². The summed E-state index contributed by atoms with van der Waals surface area (Å²) in [7, 11) is 0. The van der Waals surface area contributed by atoms with E-state index in [4.69, 9.17) is 4.74 Å². The summed E-state index contributed by atoms with van der Waals surface area (Å²) in [4.78, 5) is 6.09. The van der Waals surface area contributed by atoms with Crippen LogP contribution in [0, 0.1) is 0 Å². The summed E-state index contributed by atoms with van der Waals surface area (Å²) < 4.78 is 6.28. The Labute approximate surface area is 138 Å². The van der Waals surface area contributed by atoms with Gasteiger partial charge in [-0.2, -0.15) is 0 Å². The fourth-order valence-electron chi connectivity index (χ4n) is 2.01. The molecule has 4 heteroatoms. The molecule has 20 heavy (non-hydrogen) atoms. The molecule has 0 spiro atoms. The summed E-state index contributed by atoms with van der Waals surface area (Å²) >= 11 is 2.83. The molecule has 0 N–H and O–H groups in total. The molecular weight excluding hydrogens is 428 g/mol. The molecule has 0 aromatic heterocycles. The SMILES string of the molecule is IC(c1ccccc1)C1COC(=Nc2ccccc2)[Se]1. The van der Waals surface area contributed by atoms with Crippen LogP contribution in [0.2, 0.25) is 4.82 Å². The fraction of sp³-hybridized carbons (Fsp3) is 0.188. The minimum absolute atomic E-state index is 0.303. The first-order valence-corrected chi connectivity index (χ1v) is 9.54. The van der Waals surface area contributed by atoms with Crippen molar-refractivity contribution in [2.45, 2.75) is 8.74 Å². The van der Waals surface area contributed by atoms with E-state index in [0.29, 0.717) is 23.7 Å². The van der Waals surface area contributed by atoms with E-state index in [-0.39, 0.29) is 0 Å². The Morgan fingerprint density at radius 3 is 2.40 bits per heavy atom. The van der Waals surface area contributed by atoms with Gasteiger partial charge < -0.3 is 0 Å². The zero-order valence-corrected chi connectivity index (χ0v) is 14.6. The van der Waals surface area contributed by atoms with Crippen molar-refractivity contribution >= 4 is 48.0 Å². The second-order valence-corrected chi connectivity index (χ2v) is 8.33. The van der Waals surface area contributed by atoms with Crippen LogP contribution in [0.15, 0.2) is 65.7 Å². The van der Waals surface area contributed by atoms with Gasteiger partial charge >= 0.3 is 139 Å². The number of benzene rings is 2. The first kappa shape index (κ1) is 14.1. The molecule has 1 aliphatic rings. The summed E-state index contributed by atoms with van der Waals surface area (Å²) in [5.41, 5.74) is 2.36. The van der Waals surface area contributed by atoms with E-state index in [1.54, 1.807) is 0 Å². The van der Waals surface area contributed by atoms with Crippen LogP contribution in [-0.2, 0) is 4.74 Å². The van der Waals surface area contributed by atoms with Crippen LogP contribution < -0.4 is 0 Å². The van der Waals surface area contributed by atoms with Crippen molar-refractivity contribution < 1.29 is 4.74 Å². The molecule has 102 valence electrons. The molecule has 0 bridgehead atoms. The summed E-state index contributed by atoms with van der Waals surface area (Å²) in [6.45, 7) is 0.786. The molecule has 2 nitrogen and oxygen atoms in total. The molecule has 0 saturated carbocycles. The number of aliphatic imine (C=N–C) groups is 1. The number of hydrogen-bond donors (Lipinski definition) is 0. The molecule has 2 unspecified atom stereocenters. The molecule has 0 amide bonds. The predicted octanol–water partition coefficient (Wildman–Crippen LogP) is 4.37. The van der Waals surface area contributed by atoms with Gasteiger partial charge in [0.25, 0.3) is 0 Å². The second kappa shape index (κ2) is 6.74. The Morgan fingerprint density at radius 1 is 1.05 bits per heavy atom. The standard InChI is InChI=1S/C16H14INOSe/c17-15(12-7-3-1-4-8-12)14-11-19-16(20-14)18-13-9-5-2-6-10-13/h1-10,14-15H,11H2. The van der Waals surface area contributed by atoms with Crippen LogP contribution in [0.4, 0.5) is 5.69 Å². The van der Waals surface area contributed by atoms with Gasteiger partial charge in [-0.25, -0.2) is 0 Å². The van der Waals surface area contributed by atoms with E-state index in [1.807, 2.05) is 30.3 Å². The van der Waals surface area contributed by atoms with Gasteiger partial charge in [0, 0.05) is 0 Å². The van der Waals surface area contributed by atoms with E-state index in [0.717, 1.165) is 17.1 Å². The first-order valence-electron chi connectivity index (χ1n) is 6.45. The molecule has 1 aliphatic heterocycles. The number of nitrogens with zero attached hydrogens (tertiary/aromatic N) is 1. The maximum absolute atomic E-state index is 5.79. The predicted molar refractivity (Wildman–Crippen MR) is 92.2 cm³/mol. The third-order valence-electron chi connectivity index (χ3n) is 3.04. The van der Waals surface area contributed by atoms with Gasteiger partial charge in [0.15, 0.2) is 0 Å². The van der Waals surface area contributed by atoms with Crippen LogP contribution in [0.3, 0.4) is 0 Å². The molecule has 2 aromatic rings. The van der Waals surface area contributed by atoms with E-state index in [9.17, 15) is 0 Å². The van der Waals surface area contributed by atoms with Crippen molar-refractivity contribution in [1.82, 2.24) is 0 Å². The van der Waals surface area contributed by atoms with Crippen LogP contribution >= 0.6 is 22.6 Å². The van der Waals surface area contributed by atoms with Gasteiger partial charge in [0.2, 0.25) is 0 Å². The average Bonchev–Trinajstić information content (AvgIpc) is 2.97. The van der Waals surface area contributed by atoms with Crippen molar-refractivity contribution in [3.05, 3.63) is 66.2 Å². The van der Waals surface area contributed by atoms with Crippen molar-refractivity contribution in [1.29, 1.82) is 0 Å². The number of para-hydroxylation sites is 1. The quantitative estimate of drug-likeness (QED) is 0.393. The van der Waals surface area contributed by atoms with Crippen LogP contribution in [0.1, 0.15) is 9.49 Å². The van der Waals surface area contributed by atoms with Gasteiger partial charge in [-0.1, -0.05) is 0 Å². The van der Waals surface area contributed by atoms with Gasteiger partial charge in [0.05, 0.1) is 0 Å².